The van der Waals surface area contributed by atoms with Gasteiger partial charge in [-0.1, -0.05) is 35.9 Å². The Balaban J connectivity index is 1.66. The number of halogens is 1. The molecule has 27 heavy (non-hydrogen) atoms. The molecule has 0 bridgehead atoms. The van der Waals surface area contributed by atoms with Gasteiger partial charge in [-0.3, -0.25) is 0 Å². The summed E-state index contributed by atoms with van der Waals surface area (Å²) in [6.07, 6.45) is 2.78. The maximum atomic E-state index is 8.97. The molecule has 134 valence electrons. The van der Waals surface area contributed by atoms with Crippen LogP contribution in [0.2, 0.25) is 5.15 Å². The lowest BCUT2D eigenvalue weighted by Gasteiger charge is -2.27. The topological polar surface area (TPSA) is 52.0 Å². The second-order valence-corrected chi connectivity index (χ2v) is 7.17. The van der Waals surface area contributed by atoms with Crippen molar-refractivity contribution in [2.24, 2.45) is 0 Å². The standard InChI is InChI=1S/C22H19ClN4/c1-27-10-9-19-17(14-27)3-2-4-21(19)26-18-11-20(22(23)25-13-18)16-7-5-15(12-24)6-8-16/h2-8,11,13,26H,9-10,14H2,1H3. The van der Waals surface area contributed by atoms with Crippen LogP contribution in [0.3, 0.4) is 0 Å². The van der Waals surface area contributed by atoms with Crippen LogP contribution in [0.4, 0.5) is 11.4 Å². The number of benzene rings is 2. The average molecular weight is 375 g/mol. The summed E-state index contributed by atoms with van der Waals surface area (Å²) in [4.78, 5) is 6.68. The van der Waals surface area contributed by atoms with E-state index in [-0.39, 0.29) is 0 Å². The maximum absolute atomic E-state index is 8.97. The molecular weight excluding hydrogens is 356 g/mol. The minimum absolute atomic E-state index is 0.446. The number of nitrogens with zero attached hydrogens (tertiary/aromatic N) is 3. The van der Waals surface area contributed by atoms with Crippen LogP contribution in [0.1, 0.15) is 16.7 Å². The molecule has 0 amide bonds. The SMILES string of the molecule is CN1CCc2c(cccc2Nc2cnc(Cl)c(-c3ccc(C#N)cc3)c2)C1. The van der Waals surface area contributed by atoms with Gasteiger partial charge < -0.3 is 10.2 Å². The van der Waals surface area contributed by atoms with Gasteiger partial charge in [-0.05, 0) is 54.4 Å². The molecule has 0 aliphatic carbocycles. The van der Waals surface area contributed by atoms with Gasteiger partial charge in [0.15, 0.2) is 0 Å². The van der Waals surface area contributed by atoms with E-state index in [9.17, 15) is 0 Å². The molecule has 1 N–H and O–H groups in total. The Bertz CT molecular complexity index is 1020. The third-order valence-electron chi connectivity index (χ3n) is 4.90. The van der Waals surface area contributed by atoms with Crippen molar-refractivity contribution < 1.29 is 0 Å². The van der Waals surface area contributed by atoms with E-state index >= 15 is 0 Å². The van der Waals surface area contributed by atoms with Crippen molar-refractivity contribution in [3.05, 3.63) is 76.6 Å². The number of aromatic nitrogens is 1. The lowest BCUT2D eigenvalue weighted by Crippen LogP contribution is -2.27. The number of nitriles is 1. The van der Waals surface area contributed by atoms with Crippen molar-refractivity contribution in [1.82, 2.24) is 9.88 Å². The maximum Gasteiger partial charge on any atom is 0.136 e. The minimum Gasteiger partial charge on any atom is -0.354 e. The Labute approximate surface area is 164 Å². The molecule has 4 rings (SSSR count). The predicted molar refractivity (Wildman–Crippen MR) is 109 cm³/mol. The Morgan fingerprint density at radius 1 is 1.19 bits per heavy atom. The van der Waals surface area contributed by atoms with Crippen molar-refractivity contribution in [2.45, 2.75) is 13.0 Å². The molecular formula is C22H19ClN4. The Morgan fingerprint density at radius 3 is 2.78 bits per heavy atom. The van der Waals surface area contributed by atoms with Crippen molar-refractivity contribution in [2.75, 3.05) is 18.9 Å². The monoisotopic (exact) mass is 374 g/mol. The van der Waals surface area contributed by atoms with E-state index in [1.54, 1.807) is 18.3 Å². The van der Waals surface area contributed by atoms with Crippen LogP contribution in [0.15, 0.2) is 54.7 Å². The molecule has 0 atom stereocenters. The molecule has 0 unspecified atom stereocenters. The summed E-state index contributed by atoms with van der Waals surface area (Å²) in [7, 11) is 2.15. The van der Waals surface area contributed by atoms with Crippen molar-refractivity contribution in [3.63, 3.8) is 0 Å². The van der Waals surface area contributed by atoms with Crippen LogP contribution in [-0.2, 0) is 13.0 Å². The Morgan fingerprint density at radius 2 is 2.00 bits per heavy atom. The molecule has 4 nitrogen and oxygen atoms in total. The summed E-state index contributed by atoms with van der Waals surface area (Å²) in [5.41, 5.74) is 7.15. The van der Waals surface area contributed by atoms with E-state index in [0.717, 1.165) is 42.0 Å². The lowest BCUT2D eigenvalue weighted by atomic mass is 9.98. The van der Waals surface area contributed by atoms with Crippen LogP contribution in [0, 0.1) is 11.3 Å². The zero-order chi connectivity index (χ0) is 18.8. The number of hydrogen-bond acceptors (Lipinski definition) is 4. The van der Waals surface area contributed by atoms with Gasteiger partial charge in [-0.15, -0.1) is 0 Å². The van der Waals surface area contributed by atoms with Gasteiger partial charge in [-0.2, -0.15) is 5.26 Å². The molecule has 0 saturated carbocycles. The third-order valence-corrected chi connectivity index (χ3v) is 5.20. The molecule has 2 heterocycles. The molecule has 0 spiro atoms. The van der Waals surface area contributed by atoms with Gasteiger partial charge in [-0.25, -0.2) is 4.98 Å². The number of fused-ring (bicyclic) bond motifs is 1. The molecule has 5 heteroatoms. The Kier molecular flexibility index (Phi) is 4.81. The summed E-state index contributed by atoms with van der Waals surface area (Å²) >= 11 is 6.33. The quantitative estimate of drug-likeness (QED) is 0.655. The van der Waals surface area contributed by atoms with Crippen LogP contribution < -0.4 is 5.32 Å². The normalized spacial score (nSPS) is 13.7. The molecule has 3 aromatic rings. The molecule has 1 aliphatic heterocycles. The molecule has 0 radical (unpaired) electrons. The van der Waals surface area contributed by atoms with Crippen LogP contribution in [0.5, 0.6) is 0 Å². The fourth-order valence-corrected chi connectivity index (χ4v) is 3.68. The fourth-order valence-electron chi connectivity index (χ4n) is 3.47. The summed E-state index contributed by atoms with van der Waals surface area (Å²) in [5.74, 6) is 0. The van der Waals surface area contributed by atoms with Crippen molar-refractivity contribution >= 4 is 23.0 Å². The smallest absolute Gasteiger partial charge is 0.136 e. The van der Waals surface area contributed by atoms with E-state index < -0.39 is 0 Å². The van der Waals surface area contributed by atoms with Crippen molar-refractivity contribution in [3.8, 4) is 17.2 Å². The van der Waals surface area contributed by atoms with E-state index in [0.29, 0.717) is 10.7 Å². The predicted octanol–water partition coefficient (Wildman–Crippen LogP) is 5.01. The highest BCUT2D eigenvalue weighted by molar-refractivity contribution is 6.32. The van der Waals surface area contributed by atoms with Crippen LogP contribution >= 0.6 is 11.6 Å². The van der Waals surface area contributed by atoms with Gasteiger partial charge in [0.1, 0.15) is 5.15 Å². The van der Waals surface area contributed by atoms with Gasteiger partial charge in [0.05, 0.1) is 23.5 Å². The number of pyridine rings is 1. The molecule has 0 fully saturated rings. The lowest BCUT2D eigenvalue weighted by molar-refractivity contribution is 0.313. The number of nitrogens with one attached hydrogen (secondary N) is 1. The van der Waals surface area contributed by atoms with E-state index in [4.69, 9.17) is 16.9 Å². The highest BCUT2D eigenvalue weighted by atomic mass is 35.5. The minimum atomic E-state index is 0.446. The zero-order valence-electron chi connectivity index (χ0n) is 15.0. The second-order valence-electron chi connectivity index (χ2n) is 6.81. The van der Waals surface area contributed by atoms with Gasteiger partial charge in [0.25, 0.3) is 0 Å². The van der Waals surface area contributed by atoms with E-state index in [1.165, 1.54) is 11.1 Å². The molecule has 2 aromatic carbocycles. The van der Waals surface area contributed by atoms with Crippen LogP contribution in [-0.4, -0.2) is 23.5 Å². The summed E-state index contributed by atoms with van der Waals surface area (Å²) < 4.78 is 0. The number of rotatable bonds is 3. The third kappa shape index (κ3) is 3.66. The number of likely N-dealkylation sites (N-methyl/N-ethyl adjacent to an activating group) is 1. The average Bonchev–Trinajstić information content (AvgIpc) is 2.69. The first-order valence-corrected chi connectivity index (χ1v) is 9.24. The first-order valence-electron chi connectivity index (χ1n) is 8.86. The molecule has 0 saturated heterocycles. The number of anilines is 2. The van der Waals surface area contributed by atoms with Gasteiger partial charge in [0.2, 0.25) is 0 Å². The molecule has 1 aromatic heterocycles. The van der Waals surface area contributed by atoms with Crippen molar-refractivity contribution in [1.29, 1.82) is 5.26 Å². The van der Waals surface area contributed by atoms with Gasteiger partial charge >= 0.3 is 0 Å². The fraction of sp³-hybridized carbons (Fsp3) is 0.182. The zero-order valence-corrected chi connectivity index (χ0v) is 15.8. The summed E-state index contributed by atoms with van der Waals surface area (Å²) in [6, 6.07) is 17.9. The van der Waals surface area contributed by atoms with E-state index in [2.05, 4.69) is 46.5 Å². The summed E-state index contributed by atoms with van der Waals surface area (Å²) in [6.45, 7) is 2.03. The summed E-state index contributed by atoms with van der Waals surface area (Å²) in [5, 5.41) is 12.9. The first-order chi connectivity index (χ1) is 13.1. The first kappa shape index (κ1) is 17.5. The largest absolute Gasteiger partial charge is 0.354 e. The second kappa shape index (κ2) is 7.40. The molecule has 1 aliphatic rings. The number of hydrogen-bond donors (Lipinski definition) is 1. The van der Waals surface area contributed by atoms with E-state index in [1.807, 2.05) is 18.2 Å². The van der Waals surface area contributed by atoms with Crippen LogP contribution in [0.25, 0.3) is 11.1 Å². The van der Waals surface area contributed by atoms with Gasteiger partial charge in [0, 0.05) is 24.3 Å². The Hall–Kier alpha value is -2.87. The highest BCUT2D eigenvalue weighted by Crippen LogP contribution is 2.32. The highest BCUT2D eigenvalue weighted by Gasteiger charge is 2.16.